The van der Waals surface area contributed by atoms with E-state index in [1.807, 2.05) is 0 Å². The van der Waals surface area contributed by atoms with Crippen molar-refractivity contribution >= 4 is 5.97 Å². The normalized spacial score (nSPS) is 11.6. The third kappa shape index (κ3) is 3.93. The lowest BCUT2D eigenvalue weighted by Gasteiger charge is -2.16. The molecule has 1 aromatic heterocycles. The average molecular weight is 301 g/mol. The van der Waals surface area contributed by atoms with Crippen LogP contribution in [0.5, 0.6) is 11.5 Å². The van der Waals surface area contributed by atoms with Crippen LogP contribution in [0.25, 0.3) is 0 Å². The van der Waals surface area contributed by atoms with Crippen LogP contribution in [0.3, 0.4) is 0 Å². The molecule has 1 N–H and O–H groups in total. The molecule has 112 valence electrons. The number of aromatic hydroxyl groups is 1. The lowest BCUT2D eigenvalue weighted by molar-refractivity contribution is -0.275. The summed E-state index contributed by atoms with van der Waals surface area (Å²) in [7, 11) is 0.970. The molecule has 0 unspecified atom stereocenters. The van der Waals surface area contributed by atoms with Gasteiger partial charge in [0.05, 0.1) is 31.0 Å². The van der Waals surface area contributed by atoms with Gasteiger partial charge < -0.3 is 14.6 Å². The summed E-state index contributed by atoms with van der Waals surface area (Å²) in [5.41, 5.74) is -1.99. The summed E-state index contributed by atoms with van der Waals surface area (Å²) < 4.78 is 69.7. The predicted octanol–water partition coefficient (Wildman–Crippen LogP) is 2.34. The fourth-order valence-corrected chi connectivity index (χ4v) is 1.33. The van der Waals surface area contributed by atoms with Crippen LogP contribution in [0, 0.1) is 0 Å². The molecule has 0 aliphatic carbocycles. The van der Waals surface area contributed by atoms with Gasteiger partial charge in [-0.25, -0.2) is 8.78 Å². The first-order valence-electron chi connectivity index (χ1n) is 4.97. The minimum Gasteiger partial charge on any atom is -0.503 e. The SMILES string of the molecule is COC(=O)Cc1ncc(O)c(OC(F)(F)F)c1C(F)F. The molecule has 0 fully saturated rings. The van der Waals surface area contributed by atoms with Gasteiger partial charge in [0.15, 0.2) is 11.5 Å². The van der Waals surface area contributed by atoms with Crippen LogP contribution in [0.1, 0.15) is 17.7 Å². The van der Waals surface area contributed by atoms with E-state index in [9.17, 15) is 31.9 Å². The Hall–Kier alpha value is -2.13. The number of rotatable bonds is 4. The van der Waals surface area contributed by atoms with Crippen molar-refractivity contribution in [2.75, 3.05) is 7.11 Å². The molecule has 0 aliphatic heterocycles. The molecule has 0 atom stereocenters. The van der Waals surface area contributed by atoms with E-state index in [2.05, 4.69) is 14.5 Å². The third-order valence-corrected chi connectivity index (χ3v) is 2.11. The highest BCUT2D eigenvalue weighted by Crippen LogP contribution is 2.40. The minimum atomic E-state index is -5.29. The minimum absolute atomic E-state index is 0.477. The van der Waals surface area contributed by atoms with Crippen LogP contribution in [-0.4, -0.2) is 29.5 Å². The zero-order valence-corrected chi connectivity index (χ0v) is 9.87. The Morgan fingerprint density at radius 3 is 2.50 bits per heavy atom. The molecule has 1 rings (SSSR count). The first kappa shape index (κ1) is 15.9. The number of hydrogen-bond donors (Lipinski definition) is 1. The van der Waals surface area contributed by atoms with E-state index in [0.717, 1.165) is 7.11 Å². The van der Waals surface area contributed by atoms with E-state index in [1.165, 1.54) is 0 Å². The van der Waals surface area contributed by atoms with Crippen LogP contribution >= 0.6 is 0 Å². The van der Waals surface area contributed by atoms with E-state index in [0.29, 0.717) is 6.20 Å². The van der Waals surface area contributed by atoms with Crippen LogP contribution in [-0.2, 0) is 16.0 Å². The van der Waals surface area contributed by atoms with Crippen molar-refractivity contribution < 1.29 is 41.3 Å². The van der Waals surface area contributed by atoms with Crippen LogP contribution in [0.15, 0.2) is 6.20 Å². The lowest BCUT2D eigenvalue weighted by atomic mass is 10.1. The highest BCUT2D eigenvalue weighted by atomic mass is 19.4. The first-order chi connectivity index (χ1) is 9.15. The van der Waals surface area contributed by atoms with Gasteiger partial charge in [-0.3, -0.25) is 9.78 Å². The Kier molecular flexibility index (Phi) is 4.69. The van der Waals surface area contributed by atoms with E-state index in [4.69, 9.17) is 0 Å². The summed E-state index contributed by atoms with van der Waals surface area (Å²) in [6, 6.07) is 0. The number of halogens is 5. The molecule has 0 spiro atoms. The second-order valence-electron chi connectivity index (χ2n) is 3.43. The topological polar surface area (TPSA) is 68.7 Å². The first-order valence-corrected chi connectivity index (χ1v) is 4.97. The lowest BCUT2D eigenvalue weighted by Crippen LogP contribution is -2.20. The van der Waals surface area contributed by atoms with Crippen molar-refractivity contribution in [1.82, 2.24) is 4.98 Å². The number of aromatic nitrogens is 1. The van der Waals surface area contributed by atoms with Crippen molar-refractivity contribution in [2.24, 2.45) is 0 Å². The number of carbonyl (C=O) groups is 1. The van der Waals surface area contributed by atoms with Gasteiger partial charge in [-0.2, -0.15) is 0 Å². The maximum Gasteiger partial charge on any atom is 0.573 e. The van der Waals surface area contributed by atoms with Gasteiger partial charge in [-0.15, -0.1) is 13.2 Å². The van der Waals surface area contributed by atoms with Crippen LogP contribution in [0.4, 0.5) is 22.0 Å². The molecule has 0 aromatic carbocycles. The maximum atomic E-state index is 12.8. The Morgan fingerprint density at radius 2 is 2.05 bits per heavy atom. The predicted molar refractivity (Wildman–Crippen MR) is 53.3 cm³/mol. The molecule has 10 heteroatoms. The number of alkyl halides is 5. The number of nitrogens with zero attached hydrogens (tertiary/aromatic N) is 1. The molecule has 5 nitrogen and oxygen atoms in total. The quantitative estimate of drug-likeness (QED) is 0.683. The maximum absolute atomic E-state index is 12.8. The molecule has 0 radical (unpaired) electrons. The molecule has 0 saturated carbocycles. The number of ether oxygens (including phenoxy) is 2. The average Bonchev–Trinajstić information content (AvgIpc) is 2.31. The van der Waals surface area contributed by atoms with Gasteiger partial charge in [-0.05, 0) is 0 Å². The van der Waals surface area contributed by atoms with E-state index in [1.54, 1.807) is 0 Å². The number of hydrogen-bond acceptors (Lipinski definition) is 5. The van der Waals surface area contributed by atoms with E-state index in [-0.39, 0.29) is 0 Å². The Bertz CT molecular complexity index is 503. The largest absolute Gasteiger partial charge is 0.573 e. The highest BCUT2D eigenvalue weighted by Gasteiger charge is 2.36. The number of pyridine rings is 1. The number of esters is 1. The fraction of sp³-hybridized carbons (Fsp3) is 0.400. The van der Waals surface area contributed by atoms with Gasteiger partial charge >= 0.3 is 12.3 Å². The molecular formula is C10H8F5NO4. The second kappa shape index (κ2) is 5.88. The molecule has 1 heterocycles. The summed E-state index contributed by atoms with van der Waals surface area (Å²) in [5.74, 6) is -3.68. The molecule has 0 aliphatic rings. The number of methoxy groups -OCH3 is 1. The van der Waals surface area contributed by atoms with Gasteiger partial charge in [0, 0.05) is 0 Å². The van der Waals surface area contributed by atoms with Gasteiger partial charge in [-0.1, -0.05) is 0 Å². The summed E-state index contributed by atoms with van der Waals surface area (Å²) in [5, 5.41) is 9.18. The molecule has 1 aromatic rings. The Balaban J connectivity index is 3.33. The standard InChI is InChI=1S/C10H8F5NO4/c1-19-6(18)2-4-7(9(11)12)8(5(17)3-16-4)20-10(13,14)15/h3,9,17H,2H2,1H3. The Morgan fingerprint density at radius 1 is 1.45 bits per heavy atom. The summed E-state index contributed by atoms with van der Waals surface area (Å²) in [6.07, 6.45) is -9.03. The van der Waals surface area contributed by atoms with Crippen molar-refractivity contribution in [3.05, 3.63) is 17.5 Å². The smallest absolute Gasteiger partial charge is 0.503 e. The fourth-order valence-electron chi connectivity index (χ4n) is 1.33. The molecule has 0 saturated heterocycles. The Labute approximate surface area is 108 Å². The summed E-state index contributed by atoms with van der Waals surface area (Å²) >= 11 is 0. The van der Waals surface area contributed by atoms with Crippen molar-refractivity contribution in [1.29, 1.82) is 0 Å². The molecule has 0 amide bonds. The van der Waals surface area contributed by atoms with Gasteiger partial charge in [0.2, 0.25) is 0 Å². The molecule has 20 heavy (non-hydrogen) atoms. The van der Waals surface area contributed by atoms with E-state index >= 15 is 0 Å². The number of carbonyl (C=O) groups excluding carboxylic acids is 1. The van der Waals surface area contributed by atoms with Crippen LogP contribution < -0.4 is 4.74 Å². The second-order valence-corrected chi connectivity index (χ2v) is 3.43. The highest BCUT2D eigenvalue weighted by molar-refractivity contribution is 5.73. The van der Waals surface area contributed by atoms with Gasteiger partial charge in [0.25, 0.3) is 6.43 Å². The van der Waals surface area contributed by atoms with E-state index < -0.39 is 47.9 Å². The molecule has 0 bridgehead atoms. The molecular weight excluding hydrogens is 293 g/mol. The zero-order chi connectivity index (χ0) is 15.5. The van der Waals surface area contributed by atoms with Crippen molar-refractivity contribution in [3.63, 3.8) is 0 Å². The van der Waals surface area contributed by atoms with Crippen molar-refractivity contribution in [2.45, 2.75) is 19.2 Å². The monoisotopic (exact) mass is 301 g/mol. The van der Waals surface area contributed by atoms with Crippen LogP contribution in [0.2, 0.25) is 0 Å². The summed E-state index contributed by atoms with van der Waals surface area (Å²) in [6.45, 7) is 0. The zero-order valence-electron chi connectivity index (χ0n) is 9.87. The van der Waals surface area contributed by atoms with Gasteiger partial charge in [0.1, 0.15) is 0 Å². The summed E-state index contributed by atoms with van der Waals surface area (Å²) in [4.78, 5) is 14.3. The van der Waals surface area contributed by atoms with Crippen molar-refractivity contribution in [3.8, 4) is 11.5 Å². The third-order valence-electron chi connectivity index (χ3n) is 2.11.